The molecular formula is C6H7ClO3. The number of carboxylic acid groups (broad SMARTS) is 1. The topological polar surface area (TPSA) is 54.4 Å². The van der Waals surface area contributed by atoms with E-state index in [1.165, 1.54) is 0 Å². The zero-order valence-corrected chi connectivity index (χ0v) is 6.02. The first kappa shape index (κ1) is 7.54. The highest BCUT2D eigenvalue weighted by atomic mass is 35.5. The molecule has 0 aromatic heterocycles. The van der Waals surface area contributed by atoms with Gasteiger partial charge in [0.25, 0.3) is 0 Å². The first-order valence-electron chi connectivity index (χ1n) is 3.03. The average Bonchev–Trinajstić information content (AvgIpc) is 1.57. The summed E-state index contributed by atoms with van der Waals surface area (Å²) in [4.78, 5) is 21.0. The van der Waals surface area contributed by atoms with E-state index in [1.807, 2.05) is 0 Å². The van der Waals surface area contributed by atoms with Crippen LogP contribution >= 0.6 is 11.6 Å². The second kappa shape index (κ2) is 2.23. The normalized spacial score (nSPS) is 21.3. The Morgan fingerprint density at radius 2 is 1.90 bits per heavy atom. The third-order valence-electron chi connectivity index (χ3n) is 1.99. The molecule has 0 heterocycles. The summed E-state index contributed by atoms with van der Waals surface area (Å²) in [6.45, 7) is 0. The van der Waals surface area contributed by atoms with Crippen LogP contribution in [0.2, 0.25) is 0 Å². The molecule has 0 unspecified atom stereocenters. The molecule has 4 heteroatoms. The summed E-state index contributed by atoms with van der Waals surface area (Å²) in [5.74, 6) is -1.08. The number of hydrogen-bond donors (Lipinski definition) is 1. The van der Waals surface area contributed by atoms with Gasteiger partial charge in [-0.3, -0.25) is 9.59 Å². The fraction of sp³-hybridized carbons (Fsp3) is 0.667. The van der Waals surface area contributed by atoms with Gasteiger partial charge in [0.15, 0.2) is 0 Å². The van der Waals surface area contributed by atoms with E-state index in [0.717, 1.165) is 6.42 Å². The van der Waals surface area contributed by atoms with Crippen molar-refractivity contribution in [3.63, 3.8) is 0 Å². The van der Waals surface area contributed by atoms with Crippen LogP contribution in [-0.4, -0.2) is 16.3 Å². The lowest BCUT2D eigenvalue weighted by molar-refractivity contribution is -0.157. The maximum atomic E-state index is 10.6. The molecule has 0 radical (unpaired) electrons. The van der Waals surface area contributed by atoms with Crippen molar-refractivity contribution in [3.8, 4) is 0 Å². The van der Waals surface area contributed by atoms with Crippen LogP contribution in [0.25, 0.3) is 0 Å². The van der Waals surface area contributed by atoms with Crippen LogP contribution in [0.3, 0.4) is 0 Å². The standard InChI is InChI=1S/C6H7ClO3/c7-4(8)6(5(9)10)2-1-3-6/h1-3H2,(H,9,10). The molecule has 0 saturated heterocycles. The highest BCUT2D eigenvalue weighted by Crippen LogP contribution is 2.42. The Hall–Kier alpha value is -0.570. The van der Waals surface area contributed by atoms with E-state index in [1.54, 1.807) is 0 Å². The van der Waals surface area contributed by atoms with Gasteiger partial charge in [0.1, 0.15) is 5.41 Å². The molecule has 1 aliphatic carbocycles. The minimum atomic E-state index is -1.23. The zero-order chi connectivity index (χ0) is 7.78. The fourth-order valence-electron chi connectivity index (χ4n) is 1.02. The van der Waals surface area contributed by atoms with Gasteiger partial charge in [-0.05, 0) is 24.4 Å². The summed E-state index contributed by atoms with van der Waals surface area (Å²) in [7, 11) is 0. The number of carboxylic acids is 1. The van der Waals surface area contributed by atoms with E-state index in [0.29, 0.717) is 12.8 Å². The number of aliphatic carboxylic acids is 1. The highest BCUT2D eigenvalue weighted by Gasteiger charge is 2.50. The van der Waals surface area contributed by atoms with Crippen molar-refractivity contribution in [1.82, 2.24) is 0 Å². The van der Waals surface area contributed by atoms with E-state index >= 15 is 0 Å². The fourth-order valence-corrected chi connectivity index (χ4v) is 1.29. The maximum absolute atomic E-state index is 10.6. The van der Waals surface area contributed by atoms with Crippen LogP contribution in [0.4, 0.5) is 0 Å². The van der Waals surface area contributed by atoms with Crippen molar-refractivity contribution in [1.29, 1.82) is 0 Å². The van der Waals surface area contributed by atoms with Crippen LogP contribution in [0, 0.1) is 5.41 Å². The third-order valence-corrected chi connectivity index (χ3v) is 2.35. The van der Waals surface area contributed by atoms with Crippen LogP contribution in [-0.2, 0) is 9.59 Å². The van der Waals surface area contributed by atoms with Crippen molar-refractivity contribution >= 4 is 22.8 Å². The summed E-state index contributed by atoms with van der Waals surface area (Å²) in [6, 6.07) is 0. The summed E-state index contributed by atoms with van der Waals surface area (Å²) in [5.41, 5.74) is -1.23. The van der Waals surface area contributed by atoms with Crippen LogP contribution in [0.1, 0.15) is 19.3 Å². The van der Waals surface area contributed by atoms with E-state index in [9.17, 15) is 9.59 Å². The molecule has 0 spiro atoms. The van der Waals surface area contributed by atoms with Crippen LogP contribution in [0.5, 0.6) is 0 Å². The molecule has 3 nitrogen and oxygen atoms in total. The second-order valence-electron chi connectivity index (χ2n) is 2.51. The minimum Gasteiger partial charge on any atom is -0.480 e. The molecule has 0 atom stereocenters. The Bertz CT molecular complexity index is 167. The number of carbonyl (C=O) groups excluding carboxylic acids is 1. The summed E-state index contributed by atoms with van der Waals surface area (Å²) in [6.07, 6.45) is 1.57. The Labute approximate surface area is 63.0 Å². The van der Waals surface area contributed by atoms with Crippen molar-refractivity contribution in [2.24, 2.45) is 5.41 Å². The highest BCUT2D eigenvalue weighted by molar-refractivity contribution is 6.66. The molecule has 0 aliphatic heterocycles. The lowest BCUT2D eigenvalue weighted by Crippen LogP contribution is -2.42. The van der Waals surface area contributed by atoms with Crippen molar-refractivity contribution in [2.75, 3.05) is 0 Å². The van der Waals surface area contributed by atoms with Crippen molar-refractivity contribution in [2.45, 2.75) is 19.3 Å². The molecule has 0 aromatic rings. The Balaban J connectivity index is 2.78. The van der Waals surface area contributed by atoms with Crippen LogP contribution in [0.15, 0.2) is 0 Å². The van der Waals surface area contributed by atoms with Gasteiger partial charge in [-0.2, -0.15) is 0 Å². The zero-order valence-electron chi connectivity index (χ0n) is 5.26. The average molecular weight is 163 g/mol. The SMILES string of the molecule is O=C(O)C1(C(=O)Cl)CCC1. The van der Waals surface area contributed by atoms with Crippen molar-refractivity contribution < 1.29 is 14.7 Å². The van der Waals surface area contributed by atoms with Gasteiger partial charge in [0.05, 0.1) is 0 Å². The van der Waals surface area contributed by atoms with Crippen molar-refractivity contribution in [3.05, 3.63) is 0 Å². The number of halogens is 1. The monoisotopic (exact) mass is 162 g/mol. The van der Waals surface area contributed by atoms with Gasteiger partial charge in [-0.1, -0.05) is 6.42 Å². The van der Waals surface area contributed by atoms with Crippen LogP contribution < -0.4 is 0 Å². The van der Waals surface area contributed by atoms with Gasteiger partial charge in [-0.25, -0.2) is 0 Å². The van der Waals surface area contributed by atoms with Gasteiger partial charge in [-0.15, -0.1) is 0 Å². The molecule has 1 rings (SSSR count). The molecule has 56 valence electrons. The molecule has 1 saturated carbocycles. The van der Waals surface area contributed by atoms with Gasteiger partial charge < -0.3 is 5.11 Å². The first-order valence-corrected chi connectivity index (χ1v) is 3.41. The Morgan fingerprint density at radius 1 is 1.40 bits per heavy atom. The van der Waals surface area contributed by atoms with Gasteiger partial charge in [0, 0.05) is 0 Å². The largest absolute Gasteiger partial charge is 0.480 e. The molecule has 10 heavy (non-hydrogen) atoms. The molecule has 1 N–H and O–H groups in total. The Kier molecular flexibility index (Phi) is 1.68. The quantitative estimate of drug-likeness (QED) is 0.487. The van der Waals surface area contributed by atoms with E-state index in [2.05, 4.69) is 0 Å². The van der Waals surface area contributed by atoms with Gasteiger partial charge in [0.2, 0.25) is 5.24 Å². The maximum Gasteiger partial charge on any atom is 0.318 e. The second-order valence-corrected chi connectivity index (χ2v) is 2.86. The summed E-state index contributed by atoms with van der Waals surface area (Å²) >= 11 is 5.11. The summed E-state index contributed by atoms with van der Waals surface area (Å²) in [5, 5.41) is 7.82. The van der Waals surface area contributed by atoms with Gasteiger partial charge >= 0.3 is 5.97 Å². The Morgan fingerprint density at radius 3 is 1.90 bits per heavy atom. The first-order chi connectivity index (χ1) is 4.59. The smallest absolute Gasteiger partial charge is 0.318 e. The molecule has 0 amide bonds. The third kappa shape index (κ3) is 0.814. The lowest BCUT2D eigenvalue weighted by Gasteiger charge is -2.33. The molecule has 1 fully saturated rings. The van der Waals surface area contributed by atoms with E-state index in [-0.39, 0.29) is 0 Å². The predicted molar refractivity (Wildman–Crippen MR) is 34.8 cm³/mol. The van der Waals surface area contributed by atoms with E-state index < -0.39 is 16.6 Å². The summed E-state index contributed by atoms with van der Waals surface area (Å²) < 4.78 is 0. The predicted octanol–water partition coefficient (Wildman–Crippen LogP) is 1.01. The molecule has 0 aromatic carbocycles. The number of hydrogen-bond acceptors (Lipinski definition) is 2. The number of carbonyl (C=O) groups is 2. The molecule has 1 aliphatic rings. The minimum absolute atomic E-state index is 0.394. The molecular weight excluding hydrogens is 156 g/mol. The molecule has 0 bridgehead atoms. The number of rotatable bonds is 2. The van der Waals surface area contributed by atoms with E-state index in [4.69, 9.17) is 16.7 Å². The lowest BCUT2D eigenvalue weighted by atomic mass is 9.70.